The first kappa shape index (κ1) is 8.82. The molecule has 53 valence electrons. The van der Waals surface area contributed by atoms with Crippen LogP contribution in [-0.4, -0.2) is 17.3 Å². The number of ether oxygens (including phenoxy) is 1. The summed E-state index contributed by atoms with van der Waals surface area (Å²) in [6, 6.07) is 0. The summed E-state index contributed by atoms with van der Waals surface area (Å²) in [6.45, 7) is 5.47. The largest absolute Gasteiger partial charge is 0.465 e. The fourth-order valence-corrected chi connectivity index (χ4v) is 0.364. The van der Waals surface area contributed by atoms with Crippen LogP contribution in [0.15, 0.2) is 0 Å². The lowest BCUT2D eigenvalue weighted by atomic mass is 10.2. The van der Waals surface area contributed by atoms with Gasteiger partial charge in [0.25, 0.3) is 0 Å². The third-order valence-corrected chi connectivity index (χ3v) is 0.934. The van der Waals surface area contributed by atoms with Crippen molar-refractivity contribution in [2.45, 2.75) is 25.5 Å². The Kier molecular flexibility index (Phi) is 3.04. The van der Waals surface area contributed by atoms with Crippen molar-refractivity contribution in [1.82, 2.24) is 0 Å². The van der Waals surface area contributed by atoms with Crippen LogP contribution in [0.1, 0.15) is 20.8 Å². The zero-order valence-corrected chi connectivity index (χ0v) is 6.75. The Bertz CT molecular complexity index is 104. The van der Waals surface area contributed by atoms with Gasteiger partial charge in [-0.3, -0.25) is 4.79 Å². The van der Waals surface area contributed by atoms with Crippen LogP contribution in [0.4, 0.5) is 0 Å². The van der Waals surface area contributed by atoms with E-state index in [4.69, 9.17) is 12.6 Å². The molecular formula is C6H11O2S. The SMILES string of the molecule is CCOC(=O)C(C)(C)[S]. The number of esters is 1. The van der Waals surface area contributed by atoms with E-state index in [0.717, 1.165) is 0 Å². The molecule has 0 aromatic carbocycles. The molecule has 3 heteroatoms. The maximum atomic E-state index is 10.7. The Morgan fingerprint density at radius 1 is 1.67 bits per heavy atom. The van der Waals surface area contributed by atoms with E-state index in [0.29, 0.717) is 6.61 Å². The first-order valence-electron chi connectivity index (χ1n) is 2.86. The highest BCUT2D eigenvalue weighted by atomic mass is 32.1. The molecule has 0 atom stereocenters. The Morgan fingerprint density at radius 3 is 2.22 bits per heavy atom. The Morgan fingerprint density at radius 2 is 2.11 bits per heavy atom. The number of hydrogen-bond acceptors (Lipinski definition) is 2. The monoisotopic (exact) mass is 147 g/mol. The van der Waals surface area contributed by atoms with Gasteiger partial charge in [0.2, 0.25) is 0 Å². The van der Waals surface area contributed by atoms with Crippen molar-refractivity contribution in [3.05, 3.63) is 0 Å². The number of rotatable bonds is 2. The highest BCUT2D eigenvalue weighted by Gasteiger charge is 2.24. The molecule has 2 nitrogen and oxygen atoms in total. The van der Waals surface area contributed by atoms with Crippen LogP contribution in [0.2, 0.25) is 0 Å². The summed E-state index contributed by atoms with van der Waals surface area (Å²) in [6.07, 6.45) is 0. The quantitative estimate of drug-likeness (QED) is 0.554. The molecule has 0 aromatic rings. The van der Waals surface area contributed by atoms with Crippen molar-refractivity contribution in [2.75, 3.05) is 6.61 Å². The first-order valence-corrected chi connectivity index (χ1v) is 3.27. The van der Waals surface area contributed by atoms with E-state index in [9.17, 15) is 4.79 Å². The lowest BCUT2D eigenvalue weighted by Gasteiger charge is -2.12. The molecular weight excluding hydrogens is 136 g/mol. The van der Waals surface area contributed by atoms with Gasteiger partial charge >= 0.3 is 5.97 Å². The molecule has 0 aliphatic carbocycles. The second-order valence-corrected chi connectivity index (χ2v) is 3.25. The van der Waals surface area contributed by atoms with Gasteiger partial charge in [-0.1, -0.05) is 12.6 Å². The molecule has 9 heavy (non-hydrogen) atoms. The van der Waals surface area contributed by atoms with Crippen molar-refractivity contribution in [3.63, 3.8) is 0 Å². The average molecular weight is 147 g/mol. The minimum absolute atomic E-state index is 0.319. The fraction of sp³-hybridized carbons (Fsp3) is 0.833. The topological polar surface area (TPSA) is 26.3 Å². The van der Waals surface area contributed by atoms with Crippen LogP contribution in [0, 0.1) is 0 Å². The minimum Gasteiger partial charge on any atom is -0.465 e. The Balaban J connectivity index is 3.74. The van der Waals surface area contributed by atoms with Crippen LogP contribution in [0.25, 0.3) is 0 Å². The van der Waals surface area contributed by atoms with E-state index in [2.05, 4.69) is 4.74 Å². The molecule has 0 aliphatic heterocycles. The maximum Gasteiger partial charge on any atom is 0.322 e. The van der Waals surface area contributed by atoms with Crippen LogP contribution in [0.3, 0.4) is 0 Å². The molecule has 0 saturated carbocycles. The predicted octanol–water partition coefficient (Wildman–Crippen LogP) is 1.53. The molecule has 0 rings (SSSR count). The van der Waals surface area contributed by atoms with Crippen molar-refractivity contribution in [2.24, 2.45) is 0 Å². The highest BCUT2D eigenvalue weighted by molar-refractivity contribution is 7.82. The molecule has 0 N–H and O–H groups in total. The van der Waals surface area contributed by atoms with E-state index in [1.807, 2.05) is 0 Å². The molecule has 0 fully saturated rings. The number of carbonyl (C=O) groups excluding carboxylic acids is 1. The zero-order chi connectivity index (χ0) is 7.49. The smallest absolute Gasteiger partial charge is 0.322 e. The number of hydrogen-bond donors (Lipinski definition) is 0. The zero-order valence-electron chi connectivity index (χ0n) is 5.93. The van der Waals surface area contributed by atoms with Crippen LogP contribution in [-0.2, 0) is 9.53 Å². The second-order valence-electron chi connectivity index (χ2n) is 2.23. The van der Waals surface area contributed by atoms with Crippen molar-refractivity contribution in [1.29, 1.82) is 0 Å². The molecule has 0 heterocycles. The maximum absolute atomic E-state index is 10.7. The van der Waals surface area contributed by atoms with Gasteiger partial charge in [0.05, 0.1) is 6.61 Å². The van der Waals surface area contributed by atoms with Gasteiger partial charge in [0.15, 0.2) is 0 Å². The van der Waals surface area contributed by atoms with Crippen molar-refractivity contribution < 1.29 is 9.53 Å². The standard InChI is InChI=1S/C6H11O2S/c1-4-8-5(7)6(2,3)9/h4H2,1-3H3. The molecule has 1 radical (unpaired) electrons. The van der Waals surface area contributed by atoms with Gasteiger partial charge < -0.3 is 4.74 Å². The molecule has 0 unspecified atom stereocenters. The molecule has 0 spiro atoms. The summed E-state index contributed by atoms with van der Waals surface area (Å²) in [4.78, 5) is 10.7. The van der Waals surface area contributed by atoms with Gasteiger partial charge in [-0.2, -0.15) is 0 Å². The summed E-state index contributed by atoms with van der Waals surface area (Å²) in [5.74, 6) is -0.319. The van der Waals surface area contributed by atoms with Gasteiger partial charge in [0, 0.05) is 0 Å². The first-order chi connectivity index (χ1) is 3.98. The summed E-state index contributed by atoms with van der Waals surface area (Å²) in [5.41, 5.74) is 0. The summed E-state index contributed by atoms with van der Waals surface area (Å²) in [7, 11) is 0. The van der Waals surface area contributed by atoms with E-state index < -0.39 is 4.75 Å². The Labute approximate surface area is 61.0 Å². The van der Waals surface area contributed by atoms with Crippen LogP contribution < -0.4 is 0 Å². The highest BCUT2D eigenvalue weighted by Crippen LogP contribution is 2.13. The van der Waals surface area contributed by atoms with Crippen molar-refractivity contribution in [3.8, 4) is 0 Å². The van der Waals surface area contributed by atoms with Crippen LogP contribution >= 0.6 is 12.6 Å². The fourth-order valence-electron chi connectivity index (χ4n) is 0.305. The van der Waals surface area contributed by atoms with E-state index in [1.54, 1.807) is 20.8 Å². The van der Waals surface area contributed by atoms with E-state index in [-0.39, 0.29) is 5.97 Å². The second kappa shape index (κ2) is 3.11. The third kappa shape index (κ3) is 3.40. The summed E-state index contributed by atoms with van der Waals surface area (Å²) in [5, 5.41) is 0. The van der Waals surface area contributed by atoms with Gasteiger partial charge in [-0.15, -0.1) is 0 Å². The van der Waals surface area contributed by atoms with Gasteiger partial charge in [-0.25, -0.2) is 0 Å². The predicted molar refractivity (Wildman–Crippen MR) is 38.3 cm³/mol. The third-order valence-electron chi connectivity index (χ3n) is 0.767. The lowest BCUT2D eigenvalue weighted by molar-refractivity contribution is -0.145. The van der Waals surface area contributed by atoms with Gasteiger partial charge in [0.1, 0.15) is 4.75 Å². The van der Waals surface area contributed by atoms with Crippen LogP contribution in [0.5, 0.6) is 0 Å². The normalized spacial score (nSPS) is 11.1. The molecule has 0 aromatic heterocycles. The lowest BCUT2D eigenvalue weighted by Crippen LogP contribution is -2.27. The average Bonchev–Trinajstić information content (AvgIpc) is 1.64. The van der Waals surface area contributed by atoms with Crippen molar-refractivity contribution >= 4 is 18.6 Å². The van der Waals surface area contributed by atoms with E-state index in [1.165, 1.54) is 0 Å². The molecule has 0 bridgehead atoms. The number of carbonyl (C=O) groups is 1. The minimum atomic E-state index is -0.768. The summed E-state index contributed by atoms with van der Waals surface area (Å²) >= 11 is 4.80. The molecule has 0 amide bonds. The summed E-state index contributed by atoms with van der Waals surface area (Å²) < 4.78 is 3.90. The molecule has 0 aliphatic rings. The van der Waals surface area contributed by atoms with Gasteiger partial charge in [-0.05, 0) is 20.8 Å². The molecule has 0 saturated heterocycles. The van der Waals surface area contributed by atoms with E-state index >= 15 is 0 Å². The Hall–Kier alpha value is -0.180.